The predicted octanol–water partition coefficient (Wildman–Crippen LogP) is 5.67. The van der Waals surface area contributed by atoms with Crippen molar-refractivity contribution in [2.45, 2.75) is 33.8 Å². The van der Waals surface area contributed by atoms with Crippen LogP contribution in [0, 0.1) is 26.6 Å². The number of hydrogen-bond donors (Lipinski definition) is 1. The van der Waals surface area contributed by atoms with E-state index >= 15 is 0 Å². The molecule has 0 spiro atoms. The van der Waals surface area contributed by atoms with Gasteiger partial charge in [-0.1, -0.05) is 23.4 Å². The Morgan fingerprint density at radius 2 is 1.75 bits per heavy atom. The minimum atomic E-state index is -0.629. The fourth-order valence-corrected chi connectivity index (χ4v) is 3.66. The molecule has 2 aromatic heterocycles. The molecule has 0 saturated carbocycles. The SMILES string of the molecule is Cc1cc(C(C)O)c2cc(-c3ccc(F)cc3)c(-c3c(C)noc3C)nc2c1. The summed E-state index contributed by atoms with van der Waals surface area (Å²) in [4.78, 5) is 4.94. The van der Waals surface area contributed by atoms with Gasteiger partial charge in [0.15, 0.2) is 0 Å². The zero-order chi connectivity index (χ0) is 20.0. The Kier molecular flexibility index (Phi) is 4.47. The van der Waals surface area contributed by atoms with Crippen molar-refractivity contribution >= 4 is 10.9 Å². The number of hydrogen-bond acceptors (Lipinski definition) is 4. The average molecular weight is 376 g/mol. The van der Waals surface area contributed by atoms with Gasteiger partial charge in [-0.3, -0.25) is 0 Å². The Balaban J connectivity index is 2.11. The lowest BCUT2D eigenvalue weighted by molar-refractivity contribution is 0.201. The van der Waals surface area contributed by atoms with Crippen molar-refractivity contribution in [1.82, 2.24) is 10.1 Å². The number of aliphatic hydroxyl groups is 1. The van der Waals surface area contributed by atoms with Gasteiger partial charge in [-0.2, -0.15) is 0 Å². The second-order valence-electron chi connectivity index (χ2n) is 7.19. The Morgan fingerprint density at radius 3 is 2.36 bits per heavy atom. The van der Waals surface area contributed by atoms with E-state index < -0.39 is 6.10 Å². The number of benzene rings is 2. The van der Waals surface area contributed by atoms with Crippen LogP contribution in [0.25, 0.3) is 33.3 Å². The smallest absolute Gasteiger partial charge is 0.143 e. The van der Waals surface area contributed by atoms with Crippen LogP contribution in [0.3, 0.4) is 0 Å². The van der Waals surface area contributed by atoms with Gasteiger partial charge in [0.1, 0.15) is 11.6 Å². The highest BCUT2D eigenvalue weighted by atomic mass is 19.1. The number of aliphatic hydroxyl groups excluding tert-OH is 1. The monoisotopic (exact) mass is 376 g/mol. The molecule has 2 aromatic carbocycles. The minimum absolute atomic E-state index is 0.295. The molecule has 0 aliphatic rings. The summed E-state index contributed by atoms with van der Waals surface area (Å²) in [6.45, 7) is 7.46. The lowest BCUT2D eigenvalue weighted by Gasteiger charge is -2.15. The van der Waals surface area contributed by atoms with E-state index in [-0.39, 0.29) is 5.82 Å². The molecule has 5 heteroatoms. The van der Waals surface area contributed by atoms with E-state index in [1.165, 1.54) is 12.1 Å². The first kappa shape index (κ1) is 18.3. The van der Waals surface area contributed by atoms with E-state index in [1.54, 1.807) is 19.1 Å². The van der Waals surface area contributed by atoms with Gasteiger partial charge in [-0.05, 0) is 68.7 Å². The normalized spacial score (nSPS) is 12.5. The Hall–Kier alpha value is -3.05. The third kappa shape index (κ3) is 3.08. The van der Waals surface area contributed by atoms with E-state index in [4.69, 9.17) is 9.51 Å². The molecule has 4 rings (SSSR count). The number of nitrogens with zero attached hydrogens (tertiary/aromatic N) is 2. The van der Waals surface area contributed by atoms with Crippen molar-refractivity contribution in [2.75, 3.05) is 0 Å². The van der Waals surface area contributed by atoms with Crippen LogP contribution in [-0.2, 0) is 0 Å². The maximum atomic E-state index is 13.5. The van der Waals surface area contributed by atoms with E-state index in [1.807, 2.05) is 39.0 Å². The number of rotatable bonds is 3. The van der Waals surface area contributed by atoms with E-state index in [0.717, 1.165) is 50.1 Å². The summed E-state index contributed by atoms with van der Waals surface area (Å²) < 4.78 is 18.9. The van der Waals surface area contributed by atoms with Gasteiger partial charge in [0.05, 0.1) is 28.6 Å². The second kappa shape index (κ2) is 6.84. The standard InChI is InChI=1S/C23H21FN2O2/c1-12-9-18(14(3)27)20-11-19(16-5-7-17(24)8-6-16)23(25-21(20)10-12)22-13(2)26-28-15(22)4/h5-11,14,27H,1-4H3. The number of halogens is 1. The van der Waals surface area contributed by atoms with Crippen molar-refractivity contribution in [3.05, 3.63) is 70.9 Å². The van der Waals surface area contributed by atoms with Gasteiger partial charge in [0, 0.05) is 10.9 Å². The Morgan fingerprint density at radius 1 is 1.04 bits per heavy atom. The molecule has 0 radical (unpaired) electrons. The summed E-state index contributed by atoms with van der Waals surface area (Å²) in [5.41, 5.74) is 6.62. The molecule has 0 aliphatic carbocycles. The fraction of sp³-hybridized carbons (Fsp3) is 0.217. The van der Waals surface area contributed by atoms with E-state index in [2.05, 4.69) is 5.16 Å². The van der Waals surface area contributed by atoms with Crippen LogP contribution in [-0.4, -0.2) is 15.2 Å². The summed E-state index contributed by atoms with van der Waals surface area (Å²) in [6, 6.07) is 12.3. The maximum Gasteiger partial charge on any atom is 0.143 e. The molecule has 0 fully saturated rings. The molecule has 4 aromatic rings. The molecule has 142 valence electrons. The zero-order valence-corrected chi connectivity index (χ0v) is 16.2. The van der Waals surface area contributed by atoms with Crippen molar-refractivity contribution in [1.29, 1.82) is 0 Å². The zero-order valence-electron chi connectivity index (χ0n) is 16.2. The molecule has 1 atom stereocenters. The number of fused-ring (bicyclic) bond motifs is 1. The fourth-order valence-electron chi connectivity index (χ4n) is 3.66. The molecule has 4 nitrogen and oxygen atoms in total. The van der Waals surface area contributed by atoms with Crippen molar-refractivity contribution < 1.29 is 14.0 Å². The highest BCUT2D eigenvalue weighted by Gasteiger charge is 2.20. The van der Waals surface area contributed by atoms with Crippen LogP contribution in [0.4, 0.5) is 4.39 Å². The van der Waals surface area contributed by atoms with Gasteiger partial charge in [0.25, 0.3) is 0 Å². The van der Waals surface area contributed by atoms with Crippen molar-refractivity contribution in [3.63, 3.8) is 0 Å². The first-order chi connectivity index (χ1) is 13.3. The van der Waals surface area contributed by atoms with Gasteiger partial charge >= 0.3 is 0 Å². The molecular weight excluding hydrogens is 355 g/mol. The number of aromatic nitrogens is 2. The highest BCUT2D eigenvalue weighted by Crippen LogP contribution is 2.38. The van der Waals surface area contributed by atoms with Crippen LogP contribution in [0.15, 0.2) is 47.0 Å². The van der Waals surface area contributed by atoms with Crippen molar-refractivity contribution in [3.8, 4) is 22.4 Å². The topological polar surface area (TPSA) is 59.2 Å². The average Bonchev–Trinajstić information content (AvgIpc) is 2.99. The lowest BCUT2D eigenvalue weighted by Crippen LogP contribution is -1.99. The summed E-state index contributed by atoms with van der Waals surface area (Å²) in [7, 11) is 0. The number of pyridine rings is 1. The molecule has 0 amide bonds. The maximum absolute atomic E-state index is 13.5. The molecule has 0 aliphatic heterocycles. The van der Waals surface area contributed by atoms with Crippen LogP contribution < -0.4 is 0 Å². The minimum Gasteiger partial charge on any atom is -0.389 e. The van der Waals surface area contributed by atoms with Crippen LogP contribution in [0.2, 0.25) is 0 Å². The summed E-state index contributed by atoms with van der Waals surface area (Å²) in [5, 5.41) is 15.2. The molecule has 0 bridgehead atoms. The quantitative estimate of drug-likeness (QED) is 0.500. The summed E-state index contributed by atoms with van der Waals surface area (Å²) in [6.07, 6.45) is -0.629. The van der Waals surface area contributed by atoms with E-state index in [0.29, 0.717) is 5.76 Å². The predicted molar refractivity (Wildman–Crippen MR) is 107 cm³/mol. The lowest BCUT2D eigenvalue weighted by atomic mass is 9.93. The van der Waals surface area contributed by atoms with Gasteiger partial charge in [0.2, 0.25) is 0 Å². The highest BCUT2D eigenvalue weighted by molar-refractivity contribution is 5.94. The van der Waals surface area contributed by atoms with Crippen molar-refractivity contribution in [2.24, 2.45) is 0 Å². The molecule has 1 unspecified atom stereocenters. The van der Waals surface area contributed by atoms with Crippen LogP contribution in [0.5, 0.6) is 0 Å². The van der Waals surface area contributed by atoms with Gasteiger partial charge < -0.3 is 9.63 Å². The number of aryl methyl sites for hydroxylation is 3. The third-order valence-electron chi connectivity index (χ3n) is 4.99. The third-order valence-corrected chi connectivity index (χ3v) is 4.99. The first-order valence-corrected chi connectivity index (χ1v) is 9.17. The van der Waals surface area contributed by atoms with Gasteiger partial charge in [-0.15, -0.1) is 0 Å². The van der Waals surface area contributed by atoms with Crippen LogP contribution in [0.1, 0.15) is 35.6 Å². The Labute approximate surface area is 162 Å². The molecule has 2 heterocycles. The largest absolute Gasteiger partial charge is 0.389 e. The molecule has 0 saturated heterocycles. The summed E-state index contributed by atoms with van der Waals surface area (Å²) >= 11 is 0. The second-order valence-corrected chi connectivity index (χ2v) is 7.19. The summed E-state index contributed by atoms with van der Waals surface area (Å²) in [5.74, 6) is 0.382. The van der Waals surface area contributed by atoms with E-state index in [9.17, 15) is 9.50 Å². The molecule has 1 N–H and O–H groups in total. The van der Waals surface area contributed by atoms with Gasteiger partial charge in [-0.25, -0.2) is 9.37 Å². The molecular formula is C23H21FN2O2. The first-order valence-electron chi connectivity index (χ1n) is 9.17. The Bertz CT molecular complexity index is 1160. The van der Waals surface area contributed by atoms with Crippen LogP contribution >= 0.6 is 0 Å². The molecule has 28 heavy (non-hydrogen) atoms.